The van der Waals surface area contributed by atoms with Crippen molar-refractivity contribution in [3.63, 3.8) is 0 Å². The number of benzene rings is 1. The van der Waals surface area contributed by atoms with Crippen molar-refractivity contribution in [2.75, 3.05) is 26.2 Å². The van der Waals surface area contributed by atoms with Crippen LogP contribution in [-0.2, 0) is 11.3 Å². The second-order valence-corrected chi connectivity index (χ2v) is 5.70. The maximum absolute atomic E-state index is 12.0. The van der Waals surface area contributed by atoms with Crippen LogP contribution < -0.4 is 10.6 Å². The molecule has 0 saturated carbocycles. The topological polar surface area (TPSA) is 56.7 Å². The molecule has 2 rings (SSSR count). The van der Waals surface area contributed by atoms with Crippen molar-refractivity contribution in [3.8, 4) is 0 Å². The number of amides is 1. The van der Waals surface area contributed by atoms with E-state index in [1.807, 2.05) is 36.1 Å². The first kappa shape index (κ1) is 16.6. The zero-order valence-corrected chi connectivity index (χ0v) is 13.7. The molecule has 22 heavy (non-hydrogen) atoms. The van der Waals surface area contributed by atoms with Crippen molar-refractivity contribution in [2.45, 2.75) is 26.3 Å². The summed E-state index contributed by atoms with van der Waals surface area (Å²) in [5.41, 5.74) is 1.04. The number of nitrogens with one attached hydrogen (secondary N) is 2. The zero-order valence-electron chi connectivity index (χ0n) is 12.9. The second-order valence-electron chi connectivity index (χ2n) is 5.27. The predicted octanol–water partition coefficient (Wildman–Crippen LogP) is 2.02. The molecule has 0 unspecified atom stereocenters. The Morgan fingerprint density at radius 1 is 1.32 bits per heavy atom. The van der Waals surface area contributed by atoms with Crippen LogP contribution in [0, 0.1) is 0 Å². The molecule has 0 aromatic heterocycles. The van der Waals surface area contributed by atoms with E-state index in [2.05, 4.69) is 15.6 Å². The molecule has 2 N–H and O–H groups in total. The maximum atomic E-state index is 12.0. The lowest BCUT2D eigenvalue weighted by Crippen LogP contribution is -2.44. The second kappa shape index (κ2) is 8.63. The molecule has 1 saturated heterocycles. The molecule has 1 amide bonds. The normalized spacial score (nSPS) is 15.0. The molecule has 0 aliphatic carbocycles. The van der Waals surface area contributed by atoms with Gasteiger partial charge in [-0.2, -0.15) is 0 Å². The molecular formula is C16H23ClN4O. The molecule has 0 spiro atoms. The third-order valence-corrected chi connectivity index (χ3v) is 3.75. The lowest BCUT2D eigenvalue weighted by atomic mass is 10.2. The van der Waals surface area contributed by atoms with E-state index in [9.17, 15) is 4.79 Å². The quantitative estimate of drug-likeness (QED) is 0.644. The number of carbonyl (C=O) groups excluding carboxylic acids is 1. The molecule has 1 aromatic rings. The Morgan fingerprint density at radius 2 is 2.09 bits per heavy atom. The number of nitrogens with zero attached hydrogens (tertiary/aromatic N) is 2. The smallest absolute Gasteiger partial charge is 0.241 e. The summed E-state index contributed by atoms with van der Waals surface area (Å²) in [7, 11) is 0. The summed E-state index contributed by atoms with van der Waals surface area (Å²) in [6.07, 6.45) is 2.21. The summed E-state index contributed by atoms with van der Waals surface area (Å²) < 4.78 is 0. The van der Waals surface area contributed by atoms with Crippen LogP contribution in [0.25, 0.3) is 0 Å². The predicted molar refractivity (Wildman–Crippen MR) is 90.1 cm³/mol. The van der Waals surface area contributed by atoms with Crippen molar-refractivity contribution in [3.05, 3.63) is 34.9 Å². The molecule has 1 aromatic carbocycles. The number of rotatable bonds is 5. The van der Waals surface area contributed by atoms with Crippen LogP contribution in [0.4, 0.5) is 0 Å². The number of halogens is 1. The monoisotopic (exact) mass is 322 g/mol. The number of aliphatic imine (C=N–C) groups is 1. The van der Waals surface area contributed by atoms with Gasteiger partial charge < -0.3 is 15.5 Å². The third kappa shape index (κ3) is 5.22. The van der Waals surface area contributed by atoms with E-state index in [0.717, 1.165) is 38.0 Å². The highest BCUT2D eigenvalue weighted by Gasteiger charge is 2.17. The Kier molecular flexibility index (Phi) is 6.52. The van der Waals surface area contributed by atoms with Gasteiger partial charge in [-0.05, 0) is 37.5 Å². The average molecular weight is 323 g/mol. The standard InChI is InChI=1S/C16H23ClN4O/c1-2-18-16(19-11-13-6-5-7-14(17)10-13)20-12-15(22)21-8-3-4-9-21/h5-7,10H,2-4,8-9,11-12H2,1H3,(H2,18,19,20). The summed E-state index contributed by atoms with van der Waals surface area (Å²) in [4.78, 5) is 18.4. The molecule has 1 fully saturated rings. The van der Waals surface area contributed by atoms with Gasteiger partial charge in [0.05, 0.1) is 13.1 Å². The van der Waals surface area contributed by atoms with Crippen LogP contribution in [-0.4, -0.2) is 42.9 Å². The van der Waals surface area contributed by atoms with E-state index < -0.39 is 0 Å². The number of carbonyl (C=O) groups is 1. The summed E-state index contributed by atoms with van der Waals surface area (Å²) in [6.45, 7) is 5.29. The van der Waals surface area contributed by atoms with E-state index in [4.69, 9.17) is 11.6 Å². The van der Waals surface area contributed by atoms with Gasteiger partial charge in [-0.25, -0.2) is 4.99 Å². The van der Waals surface area contributed by atoms with Crippen LogP contribution in [0.2, 0.25) is 5.02 Å². The first-order valence-corrected chi connectivity index (χ1v) is 8.11. The first-order valence-electron chi connectivity index (χ1n) is 7.73. The molecule has 1 aliphatic rings. The van der Waals surface area contributed by atoms with Gasteiger partial charge in [0.25, 0.3) is 0 Å². The van der Waals surface area contributed by atoms with Crippen molar-refractivity contribution in [1.29, 1.82) is 0 Å². The van der Waals surface area contributed by atoms with Gasteiger partial charge in [-0.1, -0.05) is 23.7 Å². The van der Waals surface area contributed by atoms with E-state index in [1.165, 1.54) is 0 Å². The fourth-order valence-corrected chi connectivity index (χ4v) is 2.60. The lowest BCUT2D eigenvalue weighted by molar-refractivity contribution is -0.128. The Bertz CT molecular complexity index is 527. The van der Waals surface area contributed by atoms with Gasteiger partial charge in [0, 0.05) is 24.7 Å². The average Bonchev–Trinajstić information content (AvgIpc) is 3.04. The van der Waals surface area contributed by atoms with Crippen LogP contribution in [0.1, 0.15) is 25.3 Å². The molecule has 0 radical (unpaired) electrons. The zero-order chi connectivity index (χ0) is 15.8. The SMILES string of the molecule is CCNC(=NCc1cccc(Cl)c1)NCC(=O)N1CCCC1. The molecule has 0 bridgehead atoms. The molecule has 5 nitrogen and oxygen atoms in total. The highest BCUT2D eigenvalue weighted by molar-refractivity contribution is 6.30. The minimum Gasteiger partial charge on any atom is -0.357 e. The van der Waals surface area contributed by atoms with E-state index in [-0.39, 0.29) is 12.5 Å². The highest BCUT2D eigenvalue weighted by atomic mass is 35.5. The summed E-state index contributed by atoms with van der Waals surface area (Å²) >= 11 is 5.97. The molecular weight excluding hydrogens is 300 g/mol. The summed E-state index contributed by atoms with van der Waals surface area (Å²) in [6, 6.07) is 7.62. The Labute approximate surface area is 136 Å². The minimum atomic E-state index is 0.130. The molecule has 120 valence electrons. The highest BCUT2D eigenvalue weighted by Crippen LogP contribution is 2.11. The summed E-state index contributed by atoms with van der Waals surface area (Å²) in [5.74, 6) is 0.779. The number of hydrogen-bond donors (Lipinski definition) is 2. The van der Waals surface area contributed by atoms with E-state index >= 15 is 0 Å². The van der Waals surface area contributed by atoms with E-state index in [0.29, 0.717) is 17.5 Å². The molecule has 1 heterocycles. The van der Waals surface area contributed by atoms with Crippen molar-refractivity contribution in [2.24, 2.45) is 4.99 Å². The third-order valence-electron chi connectivity index (χ3n) is 3.52. The molecule has 0 atom stereocenters. The van der Waals surface area contributed by atoms with Crippen LogP contribution in [0.5, 0.6) is 0 Å². The Balaban J connectivity index is 1.88. The number of hydrogen-bond acceptors (Lipinski definition) is 2. The van der Waals surface area contributed by atoms with Gasteiger partial charge in [0.2, 0.25) is 5.91 Å². The number of guanidine groups is 1. The molecule has 1 aliphatic heterocycles. The molecule has 6 heteroatoms. The Morgan fingerprint density at radius 3 is 2.77 bits per heavy atom. The fourth-order valence-electron chi connectivity index (χ4n) is 2.39. The van der Waals surface area contributed by atoms with Crippen LogP contribution >= 0.6 is 11.6 Å². The minimum absolute atomic E-state index is 0.130. The summed E-state index contributed by atoms with van der Waals surface area (Å²) in [5, 5.41) is 6.95. The van der Waals surface area contributed by atoms with Gasteiger partial charge in [-0.3, -0.25) is 4.79 Å². The van der Waals surface area contributed by atoms with E-state index in [1.54, 1.807) is 0 Å². The Hall–Kier alpha value is -1.75. The van der Waals surface area contributed by atoms with Gasteiger partial charge in [0.1, 0.15) is 0 Å². The fraction of sp³-hybridized carbons (Fsp3) is 0.500. The largest absolute Gasteiger partial charge is 0.357 e. The first-order chi connectivity index (χ1) is 10.7. The number of likely N-dealkylation sites (tertiary alicyclic amines) is 1. The van der Waals surface area contributed by atoms with Crippen LogP contribution in [0.15, 0.2) is 29.3 Å². The van der Waals surface area contributed by atoms with Crippen molar-refractivity contribution in [1.82, 2.24) is 15.5 Å². The van der Waals surface area contributed by atoms with Crippen molar-refractivity contribution >= 4 is 23.5 Å². The van der Waals surface area contributed by atoms with Crippen LogP contribution in [0.3, 0.4) is 0 Å². The van der Waals surface area contributed by atoms with Crippen molar-refractivity contribution < 1.29 is 4.79 Å². The van der Waals surface area contributed by atoms with Gasteiger partial charge >= 0.3 is 0 Å². The van der Waals surface area contributed by atoms with Gasteiger partial charge in [-0.15, -0.1) is 0 Å². The lowest BCUT2D eigenvalue weighted by Gasteiger charge is -2.17. The maximum Gasteiger partial charge on any atom is 0.241 e. The van der Waals surface area contributed by atoms with Gasteiger partial charge in [0.15, 0.2) is 5.96 Å².